The summed E-state index contributed by atoms with van der Waals surface area (Å²) in [5.41, 5.74) is 6.11. The van der Waals surface area contributed by atoms with Crippen molar-refractivity contribution in [1.82, 2.24) is 9.21 Å². The zero-order chi connectivity index (χ0) is 15.5. The maximum atomic E-state index is 12.6. The lowest BCUT2D eigenvalue weighted by Gasteiger charge is -2.22. The minimum atomic E-state index is -3.59. The van der Waals surface area contributed by atoms with E-state index in [-0.39, 0.29) is 4.90 Å². The average Bonchev–Trinajstić information content (AvgIpc) is 2.97. The Morgan fingerprint density at radius 1 is 1.33 bits per heavy atom. The molecule has 1 fully saturated rings. The quantitative estimate of drug-likeness (QED) is 0.793. The second-order valence-electron chi connectivity index (χ2n) is 5.29. The summed E-state index contributed by atoms with van der Waals surface area (Å²) in [6, 6.07) is 4.65. The molecule has 1 aromatic rings. The van der Waals surface area contributed by atoms with Gasteiger partial charge in [0.05, 0.1) is 7.11 Å². The Kier molecular flexibility index (Phi) is 5.08. The molecule has 1 aromatic carbocycles. The van der Waals surface area contributed by atoms with E-state index >= 15 is 0 Å². The Balaban J connectivity index is 2.14. The Morgan fingerprint density at radius 2 is 2.00 bits per heavy atom. The fourth-order valence-electron chi connectivity index (χ4n) is 2.47. The van der Waals surface area contributed by atoms with E-state index in [1.54, 1.807) is 19.2 Å². The molecule has 0 bridgehead atoms. The average molecular weight is 313 g/mol. The van der Waals surface area contributed by atoms with Crippen LogP contribution in [0.5, 0.6) is 5.75 Å². The molecule has 2 N–H and O–H groups in total. The number of rotatable bonds is 6. The van der Waals surface area contributed by atoms with Gasteiger partial charge in [0.2, 0.25) is 10.0 Å². The van der Waals surface area contributed by atoms with Crippen LogP contribution in [0.15, 0.2) is 23.1 Å². The second-order valence-corrected chi connectivity index (χ2v) is 7.30. The predicted octanol–water partition coefficient (Wildman–Crippen LogP) is 0.994. The van der Waals surface area contributed by atoms with Crippen LogP contribution in [-0.4, -0.2) is 58.0 Å². The van der Waals surface area contributed by atoms with E-state index in [1.807, 2.05) is 0 Å². The van der Waals surface area contributed by atoms with Gasteiger partial charge < -0.3 is 15.4 Å². The molecular formula is C14H23N3O3S. The Labute approximate surface area is 126 Å². The van der Waals surface area contributed by atoms with E-state index < -0.39 is 10.0 Å². The molecule has 0 saturated carbocycles. The molecule has 0 aromatic heterocycles. The molecule has 1 aliphatic heterocycles. The molecule has 118 valence electrons. The summed E-state index contributed by atoms with van der Waals surface area (Å²) in [6.07, 6.45) is 2.39. The highest BCUT2D eigenvalue weighted by molar-refractivity contribution is 7.89. The Hall–Kier alpha value is -1.31. The van der Waals surface area contributed by atoms with E-state index in [4.69, 9.17) is 10.5 Å². The number of hydrogen-bond donors (Lipinski definition) is 1. The zero-order valence-corrected chi connectivity index (χ0v) is 13.4. The second kappa shape index (κ2) is 6.64. The number of likely N-dealkylation sites (N-methyl/N-ethyl adjacent to an activating group) is 1. The summed E-state index contributed by atoms with van der Waals surface area (Å²) >= 11 is 0. The van der Waals surface area contributed by atoms with Gasteiger partial charge in [-0.1, -0.05) is 0 Å². The highest BCUT2D eigenvalue weighted by Crippen LogP contribution is 2.28. The van der Waals surface area contributed by atoms with Gasteiger partial charge in [0.25, 0.3) is 0 Å². The minimum Gasteiger partial charge on any atom is -0.495 e. The van der Waals surface area contributed by atoms with Crippen LogP contribution >= 0.6 is 0 Å². The molecule has 0 unspecified atom stereocenters. The van der Waals surface area contributed by atoms with Crippen LogP contribution < -0.4 is 10.5 Å². The molecule has 0 atom stereocenters. The third-order valence-electron chi connectivity index (χ3n) is 3.81. The number of benzene rings is 1. The monoisotopic (exact) mass is 313 g/mol. The Bertz CT molecular complexity index is 583. The smallest absolute Gasteiger partial charge is 0.246 e. The largest absolute Gasteiger partial charge is 0.495 e. The van der Waals surface area contributed by atoms with Crippen LogP contribution in [0.4, 0.5) is 5.69 Å². The van der Waals surface area contributed by atoms with Crippen molar-refractivity contribution in [2.24, 2.45) is 0 Å². The van der Waals surface area contributed by atoms with Crippen molar-refractivity contribution in [3.63, 3.8) is 0 Å². The molecule has 0 radical (unpaired) electrons. The molecule has 6 nitrogen and oxygen atoms in total. The highest BCUT2D eigenvalue weighted by atomic mass is 32.2. The number of likely N-dealkylation sites (tertiary alicyclic amines) is 1. The molecular weight excluding hydrogens is 290 g/mol. The predicted molar refractivity (Wildman–Crippen MR) is 82.9 cm³/mol. The number of nitrogens with zero attached hydrogens (tertiary/aromatic N) is 2. The van der Waals surface area contributed by atoms with Gasteiger partial charge in [0, 0.05) is 25.8 Å². The number of nitrogen functional groups attached to an aromatic ring is 1. The maximum Gasteiger partial charge on any atom is 0.246 e. The van der Waals surface area contributed by atoms with E-state index in [0.717, 1.165) is 19.6 Å². The van der Waals surface area contributed by atoms with Crippen molar-refractivity contribution in [2.45, 2.75) is 17.7 Å². The first-order valence-electron chi connectivity index (χ1n) is 7.07. The summed E-state index contributed by atoms with van der Waals surface area (Å²) in [6.45, 7) is 3.31. The van der Waals surface area contributed by atoms with Gasteiger partial charge in [-0.15, -0.1) is 0 Å². The SMILES string of the molecule is COc1ccc(N)cc1S(=O)(=O)N(C)CCN1CCCC1. The van der Waals surface area contributed by atoms with Gasteiger partial charge in [0.15, 0.2) is 0 Å². The van der Waals surface area contributed by atoms with Crippen LogP contribution in [0.3, 0.4) is 0 Å². The van der Waals surface area contributed by atoms with Crippen LogP contribution in [0.2, 0.25) is 0 Å². The van der Waals surface area contributed by atoms with E-state index in [1.165, 1.54) is 30.3 Å². The lowest BCUT2D eigenvalue weighted by molar-refractivity contribution is 0.309. The zero-order valence-electron chi connectivity index (χ0n) is 12.6. The third-order valence-corrected chi connectivity index (χ3v) is 5.68. The summed E-state index contributed by atoms with van der Waals surface area (Å²) in [4.78, 5) is 2.40. The third kappa shape index (κ3) is 3.66. The van der Waals surface area contributed by atoms with Crippen LogP contribution in [0.1, 0.15) is 12.8 Å². The molecule has 7 heteroatoms. The number of hydrogen-bond acceptors (Lipinski definition) is 5. The molecule has 2 rings (SSSR count). The molecule has 21 heavy (non-hydrogen) atoms. The first-order valence-corrected chi connectivity index (χ1v) is 8.51. The highest BCUT2D eigenvalue weighted by Gasteiger charge is 2.25. The van der Waals surface area contributed by atoms with Gasteiger partial charge in [-0.2, -0.15) is 4.31 Å². The van der Waals surface area contributed by atoms with Crippen molar-refractivity contribution in [3.8, 4) is 5.75 Å². The van der Waals surface area contributed by atoms with Gasteiger partial charge in [0.1, 0.15) is 10.6 Å². The van der Waals surface area contributed by atoms with E-state index in [9.17, 15) is 8.42 Å². The summed E-state index contributed by atoms with van der Waals surface area (Å²) in [5, 5.41) is 0. The van der Waals surface area contributed by atoms with Crippen molar-refractivity contribution < 1.29 is 13.2 Å². The topological polar surface area (TPSA) is 75.9 Å². The lowest BCUT2D eigenvalue weighted by Crippen LogP contribution is -2.35. The van der Waals surface area contributed by atoms with Crippen molar-refractivity contribution in [1.29, 1.82) is 0 Å². The standard InChI is InChI=1S/C14H23N3O3S/c1-16(9-10-17-7-3-4-8-17)21(18,19)14-11-12(15)5-6-13(14)20-2/h5-6,11H,3-4,7-10,15H2,1-2H3. The Morgan fingerprint density at radius 3 is 2.62 bits per heavy atom. The number of anilines is 1. The van der Waals surface area contributed by atoms with Crippen molar-refractivity contribution in [2.75, 3.05) is 46.1 Å². The van der Waals surface area contributed by atoms with Gasteiger partial charge in [-0.3, -0.25) is 0 Å². The minimum absolute atomic E-state index is 0.119. The van der Waals surface area contributed by atoms with Crippen molar-refractivity contribution in [3.05, 3.63) is 18.2 Å². The fourth-order valence-corrected chi connectivity index (χ4v) is 3.82. The molecule has 0 aliphatic carbocycles. The summed E-state index contributed by atoms with van der Waals surface area (Å²) in [5.74, 6) is 0.317. The molecule has 1 saturated heterocycles. The van der Waals surface area contributed by atoms with Crippen molar-refractivity contribution >= 4 is 15.7 Å². The number of nitrogens with two attached hydrogens (primary N) is 1. The molecule has 0 spiro atoms. The summed E-state index contributed by atoms with van der Waals surface area (Å²) in [7, 11) is -0.550. The molecule has 1 aliphatic rings. The number of sulfonamides is 1. The van der Waals surface area contributed by atoms with Crippen LogP contribution in [-0.2, 0) is 10.0 Å². The normalized spacial score (nSPS) is 16.5. The van der Waals surface area contributed by atoms with Gasteiger partial charge in [-0.25, -0.2) is 8.42 Å². The number of methoxy groups -OCH3 is 1. The first kappa shape index (κ1) is 16.1. The van der Waals surface area contributed by atoms with E-state index in [2.05, 4.69) is 4.90 Å². The molecule has 0 amide bonds. The maximum absolute atomic E-state index is 12.6. The van der Waals surface area contributed by atoms with Gasteiger partial charge in [-0.05, 0) is 44.1 Å². The fraction of sp³-hybridized carbons (Fsp3) is 0.571. The summed E-state index contributed by atoms with van der Waals surface area (Å²) < 4.78 is 31.8. The lowest BCUT2D eigenvalue weighted by atomic mass is 10.3. The van der Waals surface area contributed by atoms with Crippen LogP contribution in [0, 0.1) is 0 Å². The first-order chi connectivity index (χ1) is 9.95. The van der Waals surface area contributed by atoms with E-state index in [0.29, 0.717) is 18.0 Å². The van der Waals surface area contributed by atoms with Crippen LogP contribution in [0.25, 0.3) is 0 Å². The number of ether oxygens (including phenoxy) is 1. The molecule has 1 heterocycles. The van der Waals surface area contributed by atoms with Gasteiger partial charge >= 0.3 is 0 Å².